The maximum Gasteiger partial charge on any atom is 0.237 e. The Morgan fingerprint density at radius 2 is 2.50 bits per heavy atom. The number of nitrogens with zero attached hydrogens (tertiary/aromatic N) is 1. The van der Waals surface area contributed by atoms with Gasteiger partial charge in [-0.15, -0.1) is 0 Å². The number of halogens is 1. The summed E-state index contributed by atoms with van der Waals surface area (Å²) in [5.74, 6) is 0.202. The summed E-state index contributed by atoms with van der Waals surface area (Å²) < 4.78 is 1.10. The van der Waals surface area contributed by atoms with E-state index >= 15 is 0 Å². The molecular formula is C8H15IN2O. The van der Waals surface area contributed by atoms with Gasteiger partial charge in [0.1, 0.15) is 0 Å². The van der Waals surface area contributed by atoms with Gasteiger partial charge in [0.05, 0.1) is 6.04 Å². The van der Waals surface area contributed by atoms with Crippen molar-refractivity contribution in [2.75, 3.05) is 24.1 Å². The third-order valence-electron chi connectivity index (χ3n) is 2.20. The van der Waals surface area contributed by atoms with E-state index in [4.69, 9.17) is 0 Å². The van der Waals surface area contributed by atoms with Crippen LogP contribution in [0.25, 0.3) is 0 Å². The van der Waals surface area contributed by atoms with E-state index in [9.17, 15) is 4.79 Å². The normalized spacial score (nSPS) is 25.5. The van der Waals surface area contributed by atoms with Gasteiger partial charge in [-0.25, -0.2) is 0 Å². The average Bonchev–Trinajstić information content (AvgIpc) is 2.05. The highest BCUT2D eigenvalue weighted by Gasteiger charge is 2.26. The number of hydrogen-bond donors (Lipinski definition) is 1. The van der Waals surface area contributed by atoms with Gasteiger partial charge in [0.2, 0.25) is 5.91 Å². The largest absolute Gasteiger partial charge is 0.353 e. The molecule has 3 nitrogen and oxygen atoms in total. The molecule has 4 heteroatoms. The van der Waals surface area contributed by atoms with Gasteiger partial charge in [-0.3, -0.25) is 9.69 Å². The van der Waals surface area contributed by atoms with E-state index < -0.39 is 0 Å². The minimum absolute atomic E-state index is 0.119. The minimum Gasteiger partial charge on any atom is -0.353 e. The third kappa shape index (κ3) is 2.32. The second kappa shape index (κ2) is 5.01. The number of alkyl halides is 1. The standard InChI is InChI=1S/C8H15IN2O/c1-2-7-8(12)10-4-6-11(7)5-3-9/h7H,2-6H2,1H3,(H,10,12). The average molecular weight is 282 g/mol. The Kier molecular flexibility index (Phi) is 4.28. The second-order valence-corrected chi connectivity index (χ2v) is 4.02. The Bertz CT molecular complexity index is 161. The van der Waals surface area contributed by atoms with Crippen molar-refractivity contribution < 1.29 is 4.79 Å². The van der Waals surface area contributed by atoms with Crippen LogP contribution >= 0.6 is 22.6 Å². The maximum atomic E-state index is 11.4. The van der Waals surface area contributed by atoms with Gasteiger partial charge in [0.15, 0.2) is 0 Å². The molecule has 0 radical (unpaired) electrons. The Morgan fingerprint density at radius 1 is 1.75 bits per heavy atom. The van der Waals surface area contributed by atoms with Crippen LogP contribution in [0.15, 0.2) is 0 Å². The van der Waals surface area contributed by atoms with Crippen LogP contribution in [0.2, 0.25) is 0 Å². The molecule has 1 heterocycles. The van der Waals surface area contributed by atoms with Crippen LogP contribution < -0.4 is 5.32 Å². The van der Waals surface area contributed by atoms with E-state index in [-0.39, 0.29) is 11.9 Å². The van der Waals surface area contributed by atoms with Crippen LogP contribution in [-0.2, 0) is 4.79 Å². The smallest absolute Gasteiger partial charge is 0.237 e. The van der Waals surface area contributed by atoms with Crippen LogP contribution in [-0.4, -0.2) is 40.9 Å². The molecule has 1 aliphatic rings. The van der Waals surface area contributed by atoms with Crippen LogP contribution in [0.1, 0.15) is 13.3 Å². The minimum atomic E-state index is 0.119. The molecule has 1 N–H and O–H groups in total. The highest BCUT2D eigenvalue weighted by molar-refractivity contribution is 14.1. The summed E-state index contributed by atoms with van der Waals surface area (Å²) >= 11 is 2.35. The molecule has 1 atom stereocenters. The molecule has 70 valence electrons. The van der Waals surface area contributed by atoms with Crippen molar-refractivity contribution in [2.24, 2.45) is 0 Å². The quantitative estimate of drug-likeness (QED) is 0.608. The first-order chi connectivity index (χ1) is 5.79. The van der Waals surface area contributed by atoms with Crippen LogP contribution in [0.5, 0.6) is 0 Å². The summed E-state index contributed by atoms with van der Waals surface area (Å²) in [6, 6.07) is 0.119. The Balaban J connectivity index is 2.51. The molecule has 1 amide bonds. The molecule has 1 rings (SSSR count). The Morgan fingerprint density at radius 3 is 3.08 bits per heavy atom. The highest BCUT2D eigenvalue weighted by atomic mass is 127. The van der Waals surface area contributed by atoms with Gasteiger partial charge < -0.3 is 5.32 Å². The molecular weight excluding hydrogens is 267 g/mol. The van der Waals surface area contributed by atoms with Crippen molar-refractivity contribution in [3.63, 3.8) is 0 Å². The van der Waals surface area contributed by atoms with E-state index in [0.717, 1.165) is 30.5 Å². The van der Waals surface area contributed by atoms with Crippen LogP contribution in [0, 0.1) is 0 Å². The van der Waals surface area contributed by atoms with Gasteiger partial charge in [-0.05, 0) is 6.42 Å². The van der Waals surface area contributed by atoms with Gasteiger partial charge in [0, 0.05) is 24.1 Å². The molecule has 0 aromatic carbocycles. The summed E-state index contributed by atoms with van der Waals surface area (Å²) in [6.07, 6.45) is 0.919. The Labute approximate surface area is 87.0 Å². The lowest BCUT2D eigenvalue weighted by molar-refractivity contribution is -0.128. The topological polar surface area (TPSA) is 32.3 Å². The fraction of sp³-hybridized carbons (Fsp3) is 0.875. The van der Waals surface area contributed by atoms with Crippen molar-refractivity contribution in [1.29, 1.82) is 0 Å². The molecule has 12 heavy (non-hydrogen) atoms. The van der Waals surface area contributed by atoms with Crippen LogP contribution in [0.3, 0.4) is 0 Å². The zero-order valence-electron chi connectivity index (χ0n) is 7.35. The molecule has 0 aromatic rings. The number of amides is 1. The second-order valence-electron chi connectivity index (χ2n) is 2.94. The number of piperazine rings is 1. The molecule has 0 aromatic heterocycles. The van der Waals surface area contributed by atoms with Gasteiger partial charge in [-0.1, -0.05) is 29.5 Å². The van der Waals surface area contributed by atoms with E-state index in [2.05, 4.69) is 39.7 Å². The molecule has 1 aliphatic heterocycles. The third-order valence-corrected chi connectivity index (χ3v) is 2.68. The van der Waals surface area contributed by atoms with Crippen molar-refractivity contribution in [3.05, 3.63) is 0 Å². The lowest BCUT2D eigenvalue weighted by Crippen LogP contribution is -2.55. The summed E-state index contributed by atoms with van der Waals surface area (Å²) in [7, 11) is 0. The maximum absolute atomic E-state index is 11.4. The van der Waals surface area contributed by atoms with Gasteiger partial charge >= 0.3 is 0 Å². The molecule has 0 bridgehead atoms. The predicted molar refractivity (Wildman–Crippen MR) is 57.5 cm³/mol. The Hall–Kier alpha value is 0.160. The molecule has 1 saturated heterocycles. The van der Waals surface area contributed by atoms with Crippen molar-refractivity contribution in [2.45, 2.75) is 19.4 Å². The molecule has 1 unspecified atom stereocenters. The predicted octanol–water partition coefficient (Wildman–Crippen LogP) is 0.632. The number of hydrogen-bond acceptors (Lipinski definition) is 2. The summed E-state index contributed by atoms with van der Waals surface area (Å²) in [5, 5.41) is 2.89. The zero-order chi connectivity index (χ0) is 8.97. The number of carbonyl (C=O) groups excluding carboxylic acids is 1. The van der Waals surface area contributed by atoms with Crippen molar-refractivity contribution in [1.82, 2.24) is 10.2 Å². The first-order valence-electron chi connectivity index (χ1n) is 4.37. The summed E-state index contributed by atoms with van der Waals surface area (Å²) in [6.45, 7) is 4.92. The van der Waals surface area contributed by atoms with Crippen LogP contribution in [0.4, 0.5) is 0 Å². The lowest BCUT2D eigenvalue weighted by Gasteiger charge is -2.33. The summed E-state index contributed by atoms with van der Waals surface area (Å²) in [4.78, 5) is 13.6. The monoisotopic (exact) mass is 282 g/mol. The zero-order valence-corrected chi connectivity index (χ0v) is 9.50. The molecule has 0 aliphatic carbocycles. The van der Waals surface area contributed by atoms with Gasteiger partial charge in [0.25, 0.3) is 0 Å². The number of carbonyl (C=O) groups is 1. The lowest BCUT2D eigenvalue weighted by atomic mass is 10.1. The van der Waals surface area contributed by atoms with E-state index in [0.29, 0.717) is 0 Å². The van der Waals surface area contributed by atoms with Gasteiger partial charge in [-0.2, -0.15) is 0 Å². The summed E-state index contributed by atoms with van der Waals surface area (Å²) in [5.41, 5.74) is 0. The van der Waals surface area contributed by atoms with E-state index in [1.165, 1.54) is 0 Å². The SMILES string of the molecule is CCC1C(=O)NCCN1CCI. The fourth-order valence-electron chi connectivity index (χ4n) is 1.58. The van der Waals surface area contributed by atoms with E-state index in [1.54, 1.807) is 0 Å². The number of nitrogens with one attached hydrogen (secondary N) is 1. The fourth-order valence-corrected chi connectivity index (χ4v) is 2.20. The molecule has 0 saturated carbocycles. The number of rotatable bonds is 3. The highest BCUT2D eigenvalue weighted by Crippen LogP contribution is 2.08. The van der Waals surface area contributed by atoms with E-state index in [1.807, 2.05) is 0 Å². The molecule has 0 spiro atoms. The molecule has 1 fully saturated rings. The van der Waals surface area contributed by atoms with Crippen molar-refractivity contribution in [3.8, 4) is 0 Å². The first kappa shape index (κ1) is 10.2. The van der Waals surface area contributed by atoms with Crippen molar-refractivity contribution >= 4 is 28.5 Å². The first-order valence-corrected chi connectivity index (χ1v) is 5.90.